The molecule has 9 heterocycles. The van der Waals surface area contributed by atoms with Gasteiger partial charge < -0.3 is 234 Å². The molecule has 9 aliphatic heterocycles. The Morgan fingerprint density at radius 2 is 0.579 bits per heavy atom. The van der Waals surface area contributed by atoms with Gasteiger partial charge in [-0.2, -0.15) is 0 Å². The third kappa shape index (κ3) is 34.2. The Balaban J connectivity index is 0.884. The topological polar surface area (TPSA) is 788 Å². The maximum absolute atomic E-state index is 13.6. The van der Waals surface area contributed by atoms with Crippen LogP contribution in [0.5, 0.6) is 0 Å². The first-order valence-corrected chi connectivity index (χ1v) is 51.4. The Morgan fingerprint density at radius 1 is 0.283 bits per heavy atom. The van der Waals surface area contributed by atoms with Crippen LogP contribution in [0.4, 0.5) is 0 Å². The summed E-state index contributed by atoms with van der Waals surface area (Å²) in [5.74, 6) is -3.24. The maximum Gasteiger partial charge on any atom is 0.220 e. The number of aliphatic hydroxyl groups is 25. The number of carbonyl (C=O) groups is 4. The second kappa shape index (κ2) is 62.4. The zero-order valence-corrected chi connectivity index (χ0v) is 83.2. The molecule has 29 N–H and O–H groups in total. The first kappa shape index (κ1) is 124. The highest BCUT2D eigenvalue weighted by atomic mass is 16.8. The fourth-order valence-corrected chi connectivity index (χ4v) is 19.5. The van der Waals surface area contributed by atoms with E-state index in [4.69, 9.17) is 85.3 Å². The molecule has 0 spiro atoms. The van der Waals surface area contributed by atoms with Crippen molar-refractivity contribution in [3.8, 4) is 0 Å². The lowest BCUT2D eigenvalue weighted by Gasteiger charge is -2.52. The monoisotopic (exact) mass is 2100 g/mol. The lowest BCUT2D eigenvalue weighted by atomic mass is 9.93. The molecule has 9 rings (SSSR count). The lowest BCUT2D eigenvalue weighted by molar-refractivity contribution is -0.404. The Bertz CT molecular complexity index is 3690. The fourth-order valence-electron chi connectivity index (χ4n) is 19.5. The van der Waals surface area contributed by atoms with Crippen LogP contribution in [-0.4, -0.2) is 499 Å². The van der Waals surface area contributed by atoms with Gasteiger partial charge in [-0.25, -0.2) is 0 Å². The van der Waals surface area contributed by atoms with E-state index in [0.717, 1.165) is 78.6 Å². The van der Waals surface area contributed by atoms with Gasteiger partial charge in [0.1, 0.15) is 213 Å². The van der Waals surface area contributed by atoms with Gasteiger partial charge in [0.2, 0.25) is 23.6 Å². The van der Waals surface area contributed by atoms with Crippen LogP contribution in [0.25, 0.3) is 0 Å². The summed E-state index contributed by atoms with van der Waals surface area (Å²) in [6, 6.07) is -7.00. The molecular weight excluding hydrogens is 1940 g/mol. The molecule has 0 aromatic heterocycles. The van der Waals surface area contributed by atoms with Crippen molar-refractivity contribution in [1.29, 1.82) is 0 Å². The molecule has 0 radical (unpaired) electrons. The van der Waals surface area contributed by atoms with Crippen molar-refractivity contribution in [2.24, 2.45) is 0 Å². The van der Waals surface area contributed by atoms with Gasteiger partial charge in [0.25, 0.3) is 0 Å². The summed E-state index contributed by atoms with van der Waals surface area (Å²) < 4.78 is 109. The van der Waals surface area contributed by atoms with Crippen LogP contribution in [0, 0.1) is 0 Å². The van der Waals surface area contributed by atoms with Crippen molar-refractivity contribution in [1.82, 2.24) is 21.3 Å². The molecule has 51 heteroatoms. The summed E-state index contributed by atoms with van der Waals surface area (Å²) in [4.78, 5) is 53.3. The van der Waals surface area contributed by atoms with Gasteiger partial charge in [0.05, 0.1) is 77.7 Å². The number of ether oxygens (including phenoxy) is 18. The third-order valence-electron chi connectivity index (χ3n) is 27.9. The number of carbonyl (C=O) groups excluding carboxylic acids is 4. The van der Waals surface area contributed by atoms with Gasteiger partial charge in [-0.3, -0.25) is 19.2 Å². The number of hydrogen-bond donors (Lipinski definition) is 29. The lowest BCUT2D eigenvalue weighted by Crippen LogP contribution is -2.71. The predicted octanol–water partition coefficient (Wildman–Crippen LogP) is -8.56. The fraction of sp³-hybridized carbons (Fsp3) is 0.936. The standard InChI is InChI=1S/C94H166N4O47/c1-7-9-11-13-15-17-19-21-23-25-27-29-31-33-49(110)48(98-58(111)34-32-30-28-26-24-22-20-18-16-14-12-10-8-2)43-128-89-75(125)72(122)80(57(42-106)137-89)139-93-77(127)83(66(116)53(38-102)133-93)143-86-59(95-45(4)107)68(118)78(55(40-104)135-86)138-92-76(126)82(65(115)52(37-101)132-92)142-87-60(96-46(5)108)69(119)79(56(41-105)136-87)140-94-85(145-90-73(123)70(120)62(112)44(3)129-90)84(67(117)54(39-103)134-94)144-88-61(97-47(6)109)81(64(114)51(36-100)130-88)141-91-74(124)71(121)63(113)50(35-99)131-91/h31,33,44,48-57,59-94,99-106,110,112-127H,7-30,32,34-43H2,1-6H3,(H,95,107)(H,96,108)(H,97,109)(H,98,111)/b33-31+/t44?,48-,49+,50?,51?,52?,53?,54?,55?,56?,57?,59?,60?,61?,62+,63-,64-,65-,66-,67-,68+,69+,70?,71-,72+,73-,74?,75?,76?,77?,78+,79+,80+,81+,82-,83-,84-,85?,86-,87-,88+,89+,90+,91-,92-,93-,94-/m0/s1. The van der Waals surface area contributed by atoms with E-state index in [1.165, 1.54) is 96.8 Å². The summed E-state index contributed by atoms with van der Waals surface area (Å²) in [6.07, 6.45) is -56.5. The Labute approximate surface area is 842 Å². The van der Waals surface area contributed by atoms with E-state index in [-0.39, 0.29) is 12.3 Å². The summed E-state index contributed by atoms with van der Waals surface area (Å²) in [5, 5.41) is 294. The minimum Gasteiger partial charge on any atom is -0.394 e. The SMILES string of the molecule is CCCCCCCCCCCCC/C=C/[C@@H](O)[C@H](CO[C@@H]1OC(CO)[C@@H](O[C@@H]2OC(CO)[C@H](O)[C@H](O[C@@H]3OC(CO)[C@@H](O[C@@H]4OC(CO)[C@H](O)[C@H](O[C@@H]5OC(CO)[C@@H](O[C@@H]6OC(CO)[C@H](O)[C@H](O[C@H]7OC(CO)[C@H](O)[C@H](O[C@@H]8OC(CO)[C@H](O)[C@H](O)C8O)C7NC(C)=O)C6O[C@H]6OC(C)[C@@H](O)C(O)[C@@H]6O)[C@H](O)C5NC(C)=O)C4O)[C@H](O)C3NC(C)=O)C2O)[C@H](O)C1O)NC(=O)CCCCCCCCCCCCCCC. The molecule has 844 valence electrons. The van der Waals surface area contributed by atoms with E-state index in [9.17, 15) is 147 Å². The molecule has 0 aliphatic carbocycles. The molecule has 9 fully saturated rings. The number of hydrogen-bond acceptors (Lipinski definition) is 47. The highest BCUT2D eigenvalue weighted by Gasteiger charge is 2.62. The van der Waals surface area contributed by atoms with Gasteiger partial charge in [0, 0.05) is 27.2 Å². The zero-order chi connectivity index (χ0) is 106. The van der Waals surface area contributed by atoms with Gasteiger partial charge in [-0.1, -0.05) is 167 Å². The first-order valence-electron chi connectivity index (χ1n) is 51.4. The van der Waals surface area contributed by atoms with Crippen LogP contribution in [0.1, 0.15) is 208 Å². The van der Waals surface area contributed by atoms with E-state index in [2.05, 4.69) is 35.1 Å². The van der Waals surface area contributed by atoms with E-state index in [0.29, 0.717) is 12.8 Å². The van der Waals surface area contributed by atoms with E-state index < -0.39 is 365 Å². The summed E-state index contributed by atoms with van der Waals surface area (Å²) in [7, 11) is 0. The summed E-state index contributed by atoms with van der Waals surface area (Å²) in [6.45, 7) is -0.896. The highest BCUT2D eigenvalue weighted by molar-refractivity contribution is 5.76. The molecule has 51 nitrogen and oxygen atoms in total. The van der Waals surface area contributed by atoms with Crippen molar-refractivity contribution in [3.05, 3.63) is 12.2 Å². The second-order valence-electron chi connectivity index (χ2n) is 39.1. The predicted molar refractivity (Wildman–Crippen MR) is 493 cm³/mol. The molecule has 0 aromatic rings. The van der Waals surface area contributed by atoms with Gasteiger partial charge in [-0.15, -0.1) is 0 Å². The molecule has 9 saturated heterocycles. The third-order valence-corrected chi connectivity index (χ3v) is 27.9. The number of allylic oxidation sites excluding steroid dienone is 1. The van der Waals surface area contributed by atoms with E-state index >= 15 is 0 Å². The molecule has 4 amide bonds. The number of unbranched alkanes of at least 4 members (excludes halogenated alkanes) is 23. The Kier molecular flexibility index (Phi) is 53.6. The van der Waals surface area contributed by atoms with Gasteiger partial charge >= 0.3 is 0 Å². The van der Waals surface area contributed by atoms with Crippen molar-refractivity contribution < 1.29 is 232 Å². The smallest absolute Gasteiger partial charge is 0.220 e. The van der Waals surface area contributed by atoms with E-state index in [1.807, 2.05) is 6.08 Å². The minimum absolute atomic E-state index is 0.143. The summed E-state index contributed by atoms with van der Waals surface area (Å²) >= 11 is 0. The van der Waals surface area contributed by atoms with Crippen LogP contribution in [-0.2, 0) is 104 Å². The molecule has 0 bridgehead atoms. The maximum atomic E-state index is 13.6. The molecular formula is C94H166N4O47. The zero-order valence-electron chi connectivity index (χ0n) is 83.2. The minimum atomic E-state index is -2.41. The second-order valence-corrected chi connectivity index (χ2v) is 39.1. The summed E-state index contributed by atoms with van der Waals surface area (Å²) in [5.41, 5.74) is 0. The molecule has 47 atom stereocenters. The molecule has 18 unspecified atom stereocenters. The molecule has 0 saturated carbocycles. The Hall–Kier alpha value is -4.10. The Morgan fingerprint density at radius 3 is 1.01 bits per heavy atom. The quantitative estimate of drug-likeness (QED) is 0.0199. The van der Waals surface area contributed by atoms with Gasteiger partial charge in [-0.05, 0) is 26.2 Å². The van der Waals surface area contributed by atoms with Crippen LogP contribution in [0.3, 0.4) is 0 Å². The molecule has 9 aliphatic rings. The van der Waals surface area contributed by atoms with Gasteiger partial charge in [0.15, 0.2) is 56.6 Å². The number of rotatable bonds is 59. The first-order chi connectivity index (χ1) is 69.4. The number of amides is 4. The van der Waals surface area contributed by atoms with E-state index in [1.54, 1.807) is 6.08 Å². The number of aliphatic hydroxyl groups excluding tert-OH is 25. The van der Waals surface area contributed by atoms with Crippen molar-refractivity contribution in [3.63, 3.8) is 0 Å². The van der Waals surface area contributed by atoms with Crippen LogP contribution >= 0.6 is 0 Å². The highest BCUT2D eigenvalue weighted by Crippen LogP contribution is 2.42. The average molecular weight is 2100 g/mol. The average Bonchev–Trinajstić information content (AvgIpc) is 0.758. The van der Waals surface area contributed by atoms with Crippen LogP contribution in [0.15, 0.2) is 12.2 Å². The van der Waals surface area contributed by atoms with Crippen LogP contribution in [0.2, 0.25) is 0 Å². The number of nitrogens with one attached hydrogen (secondary N) is 4. The molecule has 0 aromatic carbocycles. The van der Waals surface area contributed by atoms with Crippen LogP contribution < -0.4 is 21.3 Å². The van der Waals surface area contributed by atoms with Crippen molar-refractivity contribution >= 4 is 23.6 Å². The van der Waals surface area contributed by atoms with Crippen molar-refractivity contribution in [2.75, 3.05) is 59.5 Å². The largest absolute Gasteiger partial charge is 0.394 e. The molecule has 145 heavy (non-hydrogen) atoms. The van der Waals surface area contributed by atoms with Crippen molar-refractivity contribution in [2.45, 2.75) is 497 Å². The normalized spacial score (nSPS) is 41.0.